The quantitative estimate of drug-likeness (QED) is 0.359. The molecular weight excluding hydrogens is 491 g/mol. The van der Waals surface area contributed by atoms with Crippen molar-refractivity contribution in [2.45, 2.75) is 42.4 Å². The lowest BCUT2D eigenvalue weighted by molar-refractivity contribution is -0.153. The maximum atomic E-state index is 13.7. The number of ether oxygens (including phenoxy) is 1. The molecule has 7 unspecified atom stereocenters. The van der Waals surface area contributed by atoms with Crippen molar-refractivity contribution in [3.8, 4) is 0 Å². The monoisotopic (exact) mass is 516 g/mol. The number of aromatic nitrogens is 1. The van der Waals surface area contributed by atoms with Crippen LogP contribution in [0.4, 0.5) is 4.39 Å². The highest BCUT2D eigenvalue weighted by molar-refractivity contribution is 8.00. The summed E-state index contributed by atoms with van der Waals surface area (Å²) >= 11 is 2.77. The fourth-order valence-electron chi connectivity index (χ4n) is 6.78. The minimum atomic E-state index is -0.553. The van der Waals surface area contributed by atoms with Crippen molar-refractivity contribution >= 4 is 40.9 Å². The Bertz CT molecular complexity index is 1260. The van der Waals surface area contributed by atoms with Gasteiger partial charge in [0.05, 0.1) is 23.5 Å². The Morgan fingerprint density at radius 2 is 1.86 bits per heavy atom. The smallest absolute Gasteiger partial charge is 0.326 e. The highest BCUT2D eigenvalue weighted by Crippen LogP contribution is 2.68. The number of carbonyl (C=O) groups excluding carboxylic acids is 3. The summed E-state index contributed by atoms with van der Waals surface area (Å²) in [5.41, 5.74) is 0.912. The van der Waals surface area contributed by atoms with Crippen LogP contribution in [-0.4, -0.2) is 46.1 Å². The van der Waals surface area contributed by atoms with Gasteiger partial charge in [0.15, 0.2) is 0 Å². The van der Waals surface area contributed by atoms with E-state index < -0.39 is 17.8 Å². The number of likely N-dealkylation sites (tertiary alicyclic amines) is 1. The maximum Gasteiger partial charge on any atom is 0.326 e. The number of amides is 2. The van der Waals surface area contributed by atoms with Crippen molar-refractivity contribution in [1.29, 1.82) is 0 Å². The number of H-pyrrole nitrogens is 1. The number of imide groups is 1. The van der Waals surface area contributed by atoms with Gasteiger partial charge in [-0.15, -0.1) is 11.8 Å². The number of unbranched alkanes of at least 4 members (excludes halogenated alkanes) is 1. The number of nitrogens with zero attached hydrogens (tertiary/aromatic N) is 1. The molecule has 4 aliphatic rings. The normalized spacial score (nSPS) is 32.5. The summed E-state index contributed by atoms with van der Waals surface area (Å²) in [5.74, 6) is -2.50. The number of aromatic amines is 1. The van der Waals surface area contributed by atoms with Gasteiger partial charge in [0.2, 0.25) is 11.8 Å². The van der Waals surface area contributed by atoms with E-state index in [1.54, 1.807) is 23.9 Å². The molecule has 3 fully saturated rings. The fraction of sp³-hybridized carbons (Fsp3) is 0.520. The van der Waals surface area contributed by atoms with E-state index in [1.165, 1.54) is 23.5 Å². The summed E-state index contributed by atoms with van der Waals surface area (Å²) in [6.07, 6.45) is 2.39. The molecule has 35 heavy (non-hydrogen) atoms. The van der Waals surface area contributed by atoms with Gasteiger partial charge in [0.1, 0.15) is 12.4 Å². The van der Waals surface area contributed by atoms with Crippen molar-refractivity contribution in [2.24, 2.45) is 29.6 Å². The second-order valence-corrected chi connectivity index (χ2v) is 12.1. The van der Waals surface area contributed by atoms with E-state index in [1.807, 2.05) is 6.92 Å². The average molecular weight is 517 g/mol. The van der Waals surface area contributed by atoms with Crippen LogP contribution in [0.3, 0.4) is 0 Å². The fourth-order valence-corrected chi connectivity index (χ4v) is 9.67. The molecule has 0 radical (unpaired) electrons. The van der Waals surface area contributed by atoms with Crippen molar-refractivity contribution in [2.75, 3.05) is 13.2 Å². The zero-order valence-corrected chi connectivity index (χ0v) is 20.7. The summed E-state index contributed by atoms with van der Waals surface area (Å²) in [4.78, 5) is 56.2. The molecule has 6 rings (SSSR count). The van der Waals surface area contributed by atoms with Gasteiger partial charge < -0.3 is 9.72 Å². The van der Waals surface area contributed by atoms with Crippen molar-refractivity contribution < 1.29 is 23.5 Å². The topological polar surface area (TPSA) is 96.5 Å². The molecule has 1 aromatic heterocycles. The van der Waals surface area contributed by atoms with Gasteiger partial charge in [0, 0.05) is 16.0 Å². The van der Waals surface area contributed by atoms with E-state index in [-0.39, 0.29) is 64.6 Å². The molecule has 1 saturated heterocycles. The average Bonchev–Trinajstić information content (AvgIpc) is 3.56. The number of hydrogen-bond acceptors (Lipinski definition) is 7. The molecular formula is C25H25FN2O5S2. The molecule has 0 spiro atoms. The number of thiazole rings is 1. The first-order valence-corrected chi connectivity index (χ1v) is 13.7. The highest BCUT2D eigenvalue weighted by atomic mass is 32.2. The third-order valence-electron chi connectivity index (χ3n) is 8.09. The summed E-state index contributed by atoms with van der Waals surface area (Å²) in [5, 5.41) is 0.870. The lowest BCUT2D eigenvalue weighted by Crippen LogP contribution is -2.42. The molecule has 2 aliphatic carbocycles. The van der Waals surface area contributed by atoms with Gasteiger partial charge in [-0.1, -0.05) is 36.8 Å². The van der Waals surface area contributed by atoms with Gasteiger partial charge in [-0.2, -0.15) is 0 Å². The van der Waals surface area contributed by atoms with Crippen LogP contribution in [-0.2, 0) is 19.1 Å². The van der Waals surface area contributed by atoms with Crippen LogP contribution in [0, 0.1) is 35.4 Å². The van der Waals surface area contributed by atoms with Crippen molar-refractivity contribution in [3.05, 3.63) is 50.2 Å². The lowest BCUT2D eigenvalue weighted by Gasteiger charge is -2.43. The Kier molecular flexibility index (Phi) is 5.63. The van der Waals surface area contributed by atoms with E-state index in [2.05, 4.69) is 4.98 Å². The SMILES string of the molecule is CCCCOC(=O)CN1C(=O)C2C3CC(C2C1=O)C1C(c2ccc(F)cc2)c2sc(=O)[nH]c2SC31. The lowest BCUT2D eigenvalue weighted by atomic mass is 9.68. The number of thioether (sulfide) groups is 1. The standard InChI is InChI=1S/C25H25FN2O5S2/c1-2-3-8-33-15(29)10-28-23(30)18-13-9-14(19(18)24(28)31)20-17(13)16(11-4-6-12(26)7-5-11)21-22(34-20)27-25(32)35-21/h4-7,13-14,16-20H,2-3,8-10H2,1H3,(H,27,32). The molecule has 2 aromatic rings. The molecule has 2 bridgehead atoms. The number of nitrogens with one attached hydrogen (secondary N) is 1. The zero-order chi connectivity index (χ0) is 24.4. The molecule has 7 nitrogen and oxygen atoms in total. The first-order valence-electron chi connectivity index (χ1n) is 12.0. The Morgan fingerprint density at radius 1 is 1.14 bits per heavy atom. The van der Waals surface area contributed by atoms with Crippen LogP contribution in [0.25, 0.3) is 0 Å². The van der Waals surface area contributed by atoms with Gasteiger partial charge in [-0.3, -0.25) is 24.1 Å². The van der Waals surface area contributed by atoms with Gasteiger partial charge >= 0.3 is 10.8 Å². The molecule has 7 atom stereocenters. The minimum absolute atomic E-state index is 0.0166. The molecule has 1 N–H and O–H groups in total. The largest absolute Gasteiger partial charge is 0.464 e. The zero-order valence-electron chi connectivity index (χ0n) is 19.1. The highest BCUT2D eigenvalue weighted by Gasteiger charge is 2.69. The molecule has 184 valence electrons. The van der Waals surface area contributed by atoms with Gasteiger partial charge in [0.25, 0.3) is 0 Å². The maximum absolute atomic E-state index is 13.7. The molecule has 2 amide bonds. The van der Waals surface area contributed by atoms with Crippen LogP contribution in [0.5, 0.6) is 0 Å². The van der Waals surface area contributed by atoms with E-state index >= 15 is 0 Å². The summed E-state index contributed by atoms with van der Waals surface area (Å²) in [6, 6.07) is 6.36. The number of esters is 1. The van der Waals surface area contributed by atoms with Crippen LogP contribution >= 0.6 is 23.1 Å². The van der Waals surface area contributed by atoms with Crippen molar-refractivity contribution in [3.63, 3.8) is 0 Å². The number of benzene rings is 1. The Labute approximate surface area is 209 Å². The Hall–Kier alpha value is -2.46. The van der Waals surface area contributed by atoms with Gasteiger partial charge in [-0.25, -0.2) is 4.39 Å². The first kappa shape index (κ1) is 23.0. The Morgan fingerprint density at radius 3 is 2.57 bits per heavy atom. The van der Waals surface area contributed by atoms with Crippen LogP contribution in [0.15, 0.2) is 34.1 Å². The molecule has 3 heterocycles. The molecule has 10 heteroatoms. The number of hydrogen-bond donors (Lipinski definition) is 1. The predicted molar refractivity (Wildman–Crippen MR) is 127 cm³/mol. The van der Waals surface area contributed by atoms with E-state index in [4.69, 9.17) is 4.74 Å². The number of fused-ring (bicyclic) bond motifs is 9. The third kappa shape index (κ3) is 3.51. The molecule has 2 saturated carbocycles. The van der Waals surface area contributed by atoms with E-state index in [0.29, 0.717) is 0 Å². The number of rotatable bonds is 6. The second kappa shape index (κ2) is 8.58. The first-order chi connectivity index (χ1) is 16.9. The molecule has 1 aromatic carbocycles. The van der Waals surface area contributed by atoms with Crippen LogP contribution < -0.4 is 4.87 Å². The van der Waals surface area contributed by atoms with E-state index in [0.717, 1.165) is 39.6 Å². The predicted octanol–water partition coefficient (Wildman–Crippen LogP) is 3.39. The summed E-state index contributed by atoms with van der Waals surface area (Å²) < 4.78 is 18.9. The van der Waals surface area contributed by atoms with Crippen LogP contribution in [0.1, 0.15) is 42.5 Å². The Balaban J connectivity index is 1.32. The van der Waals surface area contributed by atoms with Crippen LogP contribution in [0.2, 0.25) is 0 Å². The summed E-state index contributed by atoms with van der Waals surface area (Å²) in [7, 11) is 0. The van der Waals surface area contributed by atoms with Crippen molar-refractivity contribution in [1.82, 2.24) is 9.88 Å². The third-order valence-corrected chi connectivity index (χ3v) is 10.7. The molecule has 2 aliphatic heterocycles. The number of halogens is 1. The minimum Gasteiger partial charge on any atom is -0.464 e. The second-order valence-electron chi connectivity index (χ2n) is 9.85. The summed E-state index contributed by atoms with van der Waals surface area (Å²) in [6.45, 7) is 1.94. The van der Waals surface area contributed by atoms with Gasteiger partial charge in [-0.05, 0) is 48.3 Å². The number of carbonyl (C=O) groups is 3. The van der Waals surface area contributed by atoms with E-state index in [9.17, 15) is 23.6 Å².